The van der Waals surface area contributed by atoms with Crippen molar-refractivity contribution < 1.29 is 18.7 Å². The van der Waals surface area contributed by atoms with E-state index in [1.54, 1.807) is 18.3 Å². The van der Waals surface area contributed by atoms with Crippen molar-refractivity contribution in [2.24, 2.45) is 0 Å². The number of aromatic nitrogens is 2. The first kappa shape index (κ1) is 24.2. The van der Waals surface area contributed by atoms with E-state index in [0.717, 1.165) is 53.6 Å². The largest absolute Gasteiger partial charge is 0.442 e. The summed E-state index contributed by atoms with van der Waals surface area (Å²) in [5, 5.41) is 4.46. The molecule has 2 aliphatic carbocycles. The first-order valence-corrected chi connectivity index (χ1v) is 12.6. The van der Waals surface area contributed by atoms with Gasteiger partial charge in [0.05, 0.1) is 5.69 Å². The van der Waals surface area contributed by atoms with Crippen LogP contribution in [0.15, 0.2) is 48.7 Å². The second-order valence-corrected chi connectivity index (χ2v) is 10.9. The zero-order valence-corrected chi connectivity index (χ0v) is 21.3. The lowest BCUT2D eigenvalue weighted by atomic mass is 9.91. The van der Waals surface area contributed by atoms with E-state index in [4.69, 9.17) is 4.74 Å². The van der Waals surface area contributed by atoms with Crippen LogP contribution in [0, 0.1) is 12.7 Å². The molecule has 3 aromatic rings. The van der Waals surface area contributed by atoms with E-state index in [2.05, 4.69) is 10.00 Å². The normalized spacial score (nSPS) is 17.4. The van der Waals surface area contributed by atoms with Crippen molar-refractivity contribution in [2.75, 3.05) is 0 Å². The van der Waals surface area contributed by atoms with Crippen molar-refractivity contribution in [3.8, 4) is 11.1 Å². The fraction of sp³-hybridized carbons (Fsp3) is 0.414. The summed E-state index contributed by atoms with van der Waals surface area (Å²) in [4.78, 5) is 28.3. The first-order valence-electron chi connectivity index (χ1n) is 12.6. The fourth-order valence-electron chi connectivity index (χ4n) is 5.01. The lowest BCUT2D eigenvalue weighted by Crippen LogP contribution is -2.44. The van der Waals surface area contributed by atoms with Gasteiger partial charge in [-0.3, -0.25) is 4.79 Å². The van der Waals surface area contributed by atoms with Crippen LogP contribution < -0.4 is 0 Å². The van der Waals surface area contributed by atoms with Crippen LogP contribution in [0.1, 0.15) is 67.2 Å². The van der Waals surface area contributed by atoms with E-state index in [0.29, 0.717) is 12.0 Å². The number of rotatable bonds is 4. The number of benzene rings is 2. The molecule has 1 amide bonds. The third kappa shape index (κ3) is 5.06. The molecule has 1 saturated carbocycles. The Labute approximate surface area is 211 Å². The van der Waals surface area contributed by atoms with E-state index in [9.17, 15) is 14.0 Å². The number of halogens is 1. The van der Waals surface area contributed by atoms with Crippen LogP contribution in [0.25, 0.3) is 11.1 Å². The highest BCUT2D eigenvalue weighted by Gasteiger charge is 2.39. The van der Waals surface area contributed by atoms with Gasteiger partial charge in [-0.15, -0.1) is 0 Å². The van der Waals surface area contributed by atoms with E-state index in [1.165, 1.54) is 16.8 Å². The van der Waals surface area contributed by atoms with Crippen LogP contribution in [0.5, 0.6) is 0 Å². The van der Waals surface area contributed by atoms with Crippen molar-refractivity contribution >= 4 is 12.0 Å². The molecule has 0 radical (unpaired) electrons. The molecule has 1 fully saturated rings. The Morgan fingerprint density at radius 1 is 1.06 bits per heavy atom. The van der Waals surface area contributed by atoms with Gasteiger partial charge < -0.3 is 9.64 Å². The van der Waals surface area contributed by atoms with Gasteiger partial charge in [-0.05, 0) is 106 Å². The summed E-state index contributed by atoms with van der Waals surface area (Å²) in [5.41, 5.74) is 4.87. The van der Waals surface area contributed by atoms with Crippen LogP contribution in [-0.4, -0.2) is 44.4 Å². The van der Waals surface area contributed by atoms with Crippen LogP contribution >= 0.6 is 0 Å². The molecule has 0 aliphatic heterocycles. The third-order valence-electron chi connectivity index (χ3n) is 6.82. The van der Waals surface area contributed by atoms with Crippen LogP contribution in [0.2, 0.25) is 0 Å². The molecule has 7 heteroatoms. The summed E-state index contributed by atoms with van der Waals surface area (Å²) in [7, 11) is 0. The summed E-state index contributed by atoms with van der Waals surface area (Å²) < 4.78 is 20.1. The highest BCUT2D eigenvalue weighted by atomic mass is 19.1. The van der Waals surface area contributed by atoms with E-state index >= 15 is 0 Å². The van der Waals surface area contributed by atoms with Gasteiger partial charge >= 0.3 is 6.09 Å². The van der Waals surface area contributed by atoms with Crippen molar-refractivity contribution in [1.29, 1.82) is 0 Å². The summed E-state index contributed by atoms with van der Waals surface area (Å²) >= 11 is 0. The van der Waals surface area contributed by atoms with Crippen molar-refractivity contribution in [3.05, 3.63) is 76.9 Å². The second-order valence-electron chi connectivity index (χ2n) is 10.9. The van der Waals surface area contributed by atoms with Gasteiger partial charge in [-0.25, -0.2) is 9.18 Å². The molecule has 36 heavy (non-hydrogen) atoms. The number of amides is 1. The Balaban J connectivity index is 1.35. The molecule has 6 nitrogen and oxygen atoms in total. The monoisotopic (exact) mass is 489 g/mol. The molecule has 188 valence electrons. The molecule has 0 N–H and O–H groups in total. The molecule has 0 bridgehead atoms. The maximum Gasteiger partial charge on any atom is 0.435 e. The van der Waals surface area contributed by atoms with E-state index in [-0.39, 0.29) is 23.8 Å². The Morgan fingerprint density at radius 2 is 1.78 bits per heavy atom. The fourth-order valence-corrected chi connectivity index (χ4v) is 5.01. The van der Waals surface area contributed by atoms with Crippen molar-refractivity contribution in [1.82, 2.24) is 14.7 Å². The molecular formula is C29H32FN3O3. The highest BCUT2D eigenvalue weighted by molar-refractivity contribution is 5.96. The number of hydrogen-bond donors (Lipinski definition) is 0. The summed E-state index contributed by atoms with van der Waals surface area (Å²) in [6, 6.07) is 12.5. The van der Waals surface area contributed by atoms with Crippen LogP contribution in [0.3, 0.4) is 0 Å². The van der Waals surface area contributed by atoms with Gasteiger partial charge in [-0.2, -0.15) is 9.78 Å². The van der Waals surface area contributed by atoms with Gasteiger partial charge in [-0.1, -0.05) is 18.2 Å². The van der Waals surface area contributed by atoms with Gasteiger partial charge in [0.25, 0.3) is 5.91 Å². The molecule has 2 aromatic carbocycles. The minimum Gasteiger partial charge on any atom is -0.442 e. The average molecular weight is 490 g/mol. The molecule has 1 heterocycles. The number of nitrogens with zero attached hydrogens (tertiary/aromatic N) is 3. The highest BCUT2D eigenvalue weighted by Crippen LogP contribution is 2.35. The van der Waals surface area contributed by atoms with Crippen LogP contribution in [0.4, 0.5) is 9.18 Å². The quantitative estimate of drug-likeness (QED) is 0.455. The summed E-state index contributed by atoms with van der Waals surface area (Å²) in [5.74, 6) is -0.227. The molecule has 1 atom stereocenters. The second kappa shape index (κ2) is 9.19. The number of aryl methyl sites for hydroxylation is 2. The minimum atomic E-state index is -0.592. The molecule has 1 aromatic heterocycles. The SMILES string of the molecule is Cc1cc(C(=O)N(C2CC2)C2CCc3nn(C(=O)OC(C)(C)C)cc3C2)ccc1-c1ccc(F)cc1. The summed E-state index contributed by atoms with van der Waals surface area (Å²) in [6.45, 7) is 7.47. The van der Waals surface area contributed by atoms with Gasteiger partial charge in [0.2, 0.25) is 0 Å². The Hall–Kier alpha value is -3.48. The molecule has 5 rings (SSSR count). The standard InChI is InChI=1S/C29H32FN3O3/c1-18-15-20(7-13-25(18)19-5-8-22(30)9-6-19)27(34)33(23-10-11-23)24-12-14-26-21(16-24)17-32(31-26)28(35)36-29(2,3)4/h5-9,13,15,17,23-24H,10-12,14,16H2,1-4H3. The molecular weight excluding hydrogens is 457 g/mol. The summed E-state index contributed by atoms with van der Waals surface area (Å²) in [6.07, 6.45) is 5.50. The number of hydrogen-bond acceptors (Lipinski definition) is 4. The maximum atomic E-state index is 13.7. The van der Waals surface area contributed by atoms with Crippen molar-refractivity contribution in [2.45, 2.75) is 77.5 Å². The molecule has 0 saturated heterocycles. The maximum absolute atomic E-state index is 13.7. The molecule has 1 unspecified atom stereocenters. The Bertz CT molecular complexity index is 1300. The van der Waals surface area contributed by atoms with Gasteiger partial charge in [0.15, 0.2) is 0 Å². The zero-order valence-electron chi connectivity index (χ0n) is 21.3. The van der Waals surface area contributed by atoms with Crippen molar-refractivity contribution in [3.63, 3.8) is 0 Å². The lowest BCUT2D eigenvalue weighted by molar-refractivity contribution is 0.0513. The molecule has 0 spiro atoms. The van der Waals surface area contributed by atoms with Gasteiger partial charge in [0.1, 0.15) is 11.4 Å². The van der Waals surface area contributed by atoms with E-state index in [1.807, 2.05) is 45.9 Å². The van der Waals surface area contributed by atoms with E-state index < -0.39 is 11.7 Å². The number of fused-ring (bicyclic) bond motifs is 1. The third-order valence-corrected chi connectivity index (χ3v) is 6.82. The average Bonchev–Trinajstić information content (AvgIpc) is 3.55. The minimum absolute atomic E-state index is 0.0410. The lowest BCUT2D eigenvalue weighted by Gasteiger charge is -2.34. The molecule has 2 aliphatic rings. The number of carbonyl (C=O) groups excluding carboxylic acids is 2. The Kier molecular flexibility index (Phi) is 6.18. The predicted octanol–water partition coefficient (Wildman–Crippen LogP) is 5.94. The van der Waals surface area contributed by atoms with Gasteiger partial charge in [0, 0.05) is 23.8 Å². The van der Waals surface area contributed by atoms with Crippen LogP contribution in [-0.2, 0) is 17.6 Å². The zero-order chi connectivity index (χ0) is 25.6. The first-order chi connectivity index (χ1) is 17.1. The smallest absolute Gasteiger partial charge is 0.435 e. The number of carbonyl (C=O) groups is 2. The number of ether oxygens (including phenoxy) is 1. The topological polar surface area (TPSA) is 64.4 Å². The predicted molar refractivity (Wildman–Crippen MR) is 135 cm³/mol. The Morgan fingerprint density at radius 3 is 2.42 bits per heavy atom.